The van der Waals surface area contributed by atoms with E-state index in [1.165, 1.54) is 13.8 Å². The molecule has 68 valence electrons. The van der Waals surface area contributed by atoms with Crippen LogP contribution in [0.3, 0.4) is 0 Å². The fourth-order valence-corrected chi connectivity index (χ4v) is 0.655. The number of rotatable bonds is 1. The zero-order valence-corrected chi connectivity index (χ0v) is 7.65. The van der Waals surface area contributed by atoms with E-state index in [-0.39, 0.29) is 5.97 Å². The Morgan fingerprint density at radius 1 is 1.38 bits per heavy atom. The van der Waals surface area contributed by atoms with Crippen molar-refractivity contribution in [3.63, 3.8) is 0 Å². The first kappa shape index (κ1) is 11.2. The summed E-state index contributed by atoms with van der Waals surface area (Å²) in [5, 5.41) is 7.32. The van der Waals surface area contributed by atoms with Gasteiger partial charge in [-0.05, 0) is 12.1 Å². The number of carbonyl (C=O) groups is 1. The van der Waals surface area contributed by atoms with Crippen molar-refractivity contribution in [1.82, 2.24) is 0 Å². The van der Waals surface area contributed by atoms with Gasteiger partial charge in [0.05, 0.1) is 6.07 Å². The molecule has 0 atom stereocenters. The minimum absolute atomic E-state index is 0.286. The minimum Gasteiger partial charge on any atom is -0.427 e. The summed E-state index contributed by atoms with van der Waals surface area (Å²) in [6, 6.07) is 10.7. The second kappa shape index (κ2) is 6.86. The average Bonchev–Trinajstić information content (AvgIpc) is 2.06. The van der Waals surface area contributed by atoms with Crippen molar-refractivity contribution in [3.05, 3.63) is 30.3 Å². The quantitative estimate of drug-likeness (QED) is 0.487. The summed E-state index contributed by atoms with van der Waals surface area (Å²) >= 11 is 0. The summed E-state index contributed by atoms with van der Waals surface area (Å²) in [6.45, 7) is 2.81. The Balaban J connectivity index is 0.000000424. The molecular weight excluding hydrogens is 166 g/mol. The van der Waals surface area contributed by atoms with E-state index in [0.29, 0.717) is 5.75 Å². The molecule has 0 heterocycles. The molecule has 0 aliphatic carbocycles. The van der Waals surface area contributed by atoms with Crippen LogP contribution in [0.1, 0.15) is 13.8 Å². The molecule has 0 aromatic heterocycles. The number of benzene rings is 1. The van der Waals surface area contributed by atoms with Crippen LogP contribution in [0.2, 0.25) is 0 Å². The molecule has 3 nitrogen and oxygen atoms in total. The summed E-state index contributed by atoms with van der Waals surface area (Å²) in [4.78, 5) is 10.4. The molecule has 0 fully saturated rings. The molecule has 0 bridgehead atoms. The maximum Gasteiger partial charge on any atom is 0.308 e. The number of hydrogen-bond donors (Lipinski definition) is 0. The molecule has 3 heteroatoms. The lowest BCUT2D eigenvalue weighted by Crippen LogP contribution is -2.00. The molecule has 0 aliphatic rings. The van der Waals surface area contributed by atoms with Crippen molar-refractivity contribution in [3.8, 4) is 11.8 Å². The van der Waals surface area contributed by atoms with Gasteiger partial charge >= 0.3 is 5.97 Å². The molecule has 0 aliphatic heterocycles. The normalized spacial score (nSPS) is 7.46. The zero-order chi connectivity index (χ0) is 10.1. The predicted octanol–water partition coefficient (Wildman–Crippen LogP) is 2.14. The van der Waals surface area contributed by atoms with E-state index in [2.05, 4.69) is 0 Å². The van der Waals surface area contributed by atoms with Crippen LogP contribution in [0.5, 0.6) is 5.75 Å². The highest BCUT2D eigenvalue weighted by molar-refractivity contribution is 5.69. The third-order valence-electron chi connectivity index (χ3n) is 1.00. The van der Waals surface area contributed by atoms with Crippen LogP contribution in [0.25, 0.3) is 0 Å². The highest BCUT2D eigenvalue weighted by atomic mass is 16.5. The van der Waals surface area contributed by atoms with Gasteiger partial charge in [-0.3, -0.25) is 4.79 Å². The number of ether oxygens (including phenoxy) is 1. The number of hydrogen-bond acceptors (Lipinski definition) is 3. The molecule has 0 N–H and O–H groups in total. The predicted molar refractivity (Wildman–Crippen MR) is 49.0 cm³/mol. The van der Waals surface area contributed by atoms with Crippen molar-refractivity contribution in [2.24, 2.45) is 0 Å². The smallest absolute Gasteiger partial charge is 0.308 e. The highest BCUT2D eigenvalue weighted by Gasteiger charge is 1.92. The number of esters is 1. The van der Waals surface area contributed by atoms with Crippen molar-refractivity contribution in [2.45, 2.75) is 13.8 Å². The van der Waals surface area contributed by atoms with E-state index in [1.54, 1.807) is 18.2 Å². The van der Waals surface area contributed by atoms with Gasteiger partial charge in [-0.25, -0.2) is 0 Å². The highest BCUT2D eigenvalue weighted by Crippen LogP contribution is 2.07. The van der Waals surface area contributed by atoms with Gasteiger partial charge in [0.15, 0.2) is 0 Å². The summed E-state index contributed by atoms with van der Waals surface area (Å²) < 4.78 is 4.78. The summed E-state index contributed by atoms with van der Waals surface area (Å²) in [5.74, 6) is 0.307. The molecule has 1 rings (SSSR count). The Morgan fingerprint density at radius 2 is 1.85 bits per heavy atom. The lowest BCUT2D eigenvalue weighted by atomic mass is 10.3. The van der Waals surface area contributed by atoms with Crippen LogP contribution in [0, 0.1) is 11.3 Å². The topological polar surface area (TPSA) is 50.1 Å². The Hall–Kier alpha value is -1.82. The van der Waals surface area contributed by atoms with Gasteiger partial charge in [0.25, 0.3) is 0 Å². The molecule has 1 aromatic carbocycles. The van der Waals surface area contributed by atoms with Crippen LogP contribution >= 0.6 is 0 Å². The first-order valence-electron chi connectivity index (χ1n) is 3.75. The SMILES string of the molecule is CC#N.CC(=O)Oc1ccccc1. The van der Waals surface area contributed by atoms with E-state index >= 15 is 0 Å². The van der Waals surface area contributed by atoms with E-state index < -0.39 is 0 Å². The van der Waals surface area contributed by atoms with Gasteiger partial charge in [0.1, 0.15) is 5.75 Å². The summed E-state index contributed by atoms with van der Waals surface area (Å²) in [6.07, 6.45) is 0. The number of para-hydroxylation sites is 1. The van der Waals surface area contributed by atoms with Gasteiger partial charge in [-0.15, -0.1) is 0 Å². The maximum absolute atomic E-state index is 10.4. The van der Waals surface area contributed by atoms with E-state index in [0.717, 1.165) is 0 Å². The fourth-order valence-electron chi connectivity index (χ4n) is 0.655. The number of nitrogens with zero attached hydrogens (tertiary/aromatic N) is 1. The fraction of sp³-hybridized carbons (Fsp3) is 0.200. The van der Waals surface area contributed by atoms with Crippen molar-refractivity contribution < 1.29 is 9.53 Å². The van der Waals surface area contributed by atoms with E-state index in [4.69, 9.17) is 10.00 Å². The van der Waals surface area contributed by atoms with Crippen LogP contribution in [-0.4, -0.2) is 5.97 Å². The molecule has 0 saturated carbocycles. The average molecular weight is 177 g/mol. The van der Waals surface area contributed by atoms with Gasteiger partial charge < -0.3 is 4.74 Å². The van der Waals surface area contributed by atoms with Crippen LogP contribution in [-0.2, 0) is 4.79 Å². The van der Waals surface area contributed by atoms with Gasteiger partial charge in [-0.2, -0.15) is 5.26 Å². The van der Waals surface area contributed by atoms with Crippen molar-refractivity contribution in [2.75, 3.05) is 0 Å². The third-order valence-corrected chi connectivity index (χ3v) is 1.00. The van der Waals surface area contributed by atoms with Crippen LogP contribution < -0.4 is 4.74 Å². The van der Waals surface area contributed by atoms with E-state index in [9.17, 15) is 4.79 Å². The molecule has 13 heavy (non-hydrogen) atoms. The molecule has 0 spiro atoms. The Morgan fingerprint density at radius 3 is 2.23 bits per heavy atom. The van der Waals surface area contributed by atoms with Crippen molar-refractivity contribution in [1.29, 1.82) is 5.26 Å². The summed E-state index contributed by atoms with van der Waals surface area (Å²) in [5.41, 5.74) is 0. The van der Waals surface area contributed by atoms with Gasteiger partial charge in [0, 0.05) is 13.8 Å². The molecule has 0 radical (unpaired) electrons. The first-order valence-corrected chi connectivity index (χ1v) is 3.75. The maximum atomic E-state index is 10.4. The molecule has 1 aromatic rings. The van der Waals surface area contributed by atoms with Gasteiger partial charge in [-0.1, -0.05) is 18.2 Å². The molecular formula is C10H11NO2. The Labute approximate surface area is 77.6 Å². The number of nitriles is 1. The number of carbonyl (C=O) groups excluding carboxylic acids is 1. The molecule has 0 saturated heterocycles. The zero-order valence-electron chi connectivity index (χ0n) is 7.65. The summed E-state index contributed by atoms with van der Waals surface area (Å²) in [7, 11) is 0. The van der Waals surface area contributed by atoms with Crippen LogP contribution in [0.4, 0.5) is 0 Å². The monoisotopic (exact) mass is 177 g/mol. The van der Waals surface area contributed by atoms with Gasteiger partial charge in [0.2, 0.25) is 0 Å². The standard InChI is InChI=1S/C8H8O2.C2H3N/c1-7(9)10-8-5-3-2-4-6-8;1-2-3/h2-6H,1H3;1H3. The third kappa shape index (κ3) is 6.57. The Bertz CT molecular complexity index is 288. The second-order valence-electron chi connectivity index (χ2n) is 2.13. The largest absolute Gasteiger partial charge is 0.427 e. The van der Waals surface area contributed by atoms with E-state index in [1.807, 2.05) is 18.2 Å². The minimum atomic E-state index is -0.286. The van der Waals surface area contributed by atoms with Crippen molar-refractivity contribution >= 4 is 5.97 Å². The molecule has 0 unspecified atom stereocenters. The Kier molecular flexibility index (Phi) is 5.90. The first-order chi connectivity index (χ1) is 6.20. The lowest BCUT2D eigenvalue weighted by molar-refractivity contribution is -0.131. The second-order valence-corrected chi connectivity index (χ2v) is 2.13. The lowest BCUT2D eigenvalue weighted by Gasteiger charge is -1.97. The molecule has 0 amide bonds. The van der Waals surface area contributed by atoms with Crippen LogP contribution in [0.15, 0.2) is 30.3 Å².